The van der Waals surface area contributed by atoms with Crippen molar-refractivity contribution in [3.63, 3.8) is 0 Å². The molecule has 2 aliphatic rings. The van der Waals surface area contributed by atoms with Crippen molar-refractivity contribution < 1.29 is 9.18 Å². The molecule has 0 spiro atoms. The second-order valence-corrected chi connectivity index (χ2v) is 2.58. The third kappa shape index (κ3) is 0.958. The van der Waals surface area contributed by atoms with Crippen LogP contribution in [0.4, 0.5) is 4.39 Å². The zero-order valence-electron chi connectivity index (χ0n) is 6.33. The van der Waals surface area contributed by atoms with Gasteiger partial charge in [-0.25, -0.2) is 4.39 Å². The minimum absolute atomic E-state index is 0.0977. The van der Waals surface area contributed by atoms with Gasteiger partial charge in [-0.05, 0) is 12.2 Å². The molecule has 0 saturated heterocycles. The normalized spacial score (nSPS) is 21.8. The fourth-order valence-corrected chi connectivity index (χ4v) is 1.20. The van der Waals surface area contributed by atoms with Gasteiger partial charge in [0.2, 0.25) is 5.91 Å². The summed E-state index contributed by atoms with van der Waals surface area (Å²) < 4.78 is 13.0. The van der Waals surface area contributed by atoms with Gasteiger partial charge in [0.25, 0.3) is 0 Å². The Morgan fingerprint density at radius 1 is 1.58 bits per heavy atom. The van der Waals surface area contributed by atoms with Crippen molar-refractivity contribution in [1.82, 2.24) is 4.90 Å². The fourth-order valence-electron chi connectivity index (χ4n) is 1.20. The van der Waals surface area contributed by atoms with Gasteiger partial charge in [0, 0.05) is 12.6 Å². The molecule has 12 heavy (non-hydrogen) atoms. The molecular formula is C8H7FN2O. The van der Waals surface area contributed by atoms with Gasteiger partial charge in [0.05, 0.1) is 6.54 Å². The minimum Gasteiger partial charge on any atom is -0.274 e. The van der Waals surface area contributed by atoms with Crippen molar-refractivity contribution in [3.05, 3.63) is 24.2 Å². The highest BCUT2D eigenvalue weighted by Crippen LogP contribution is 2.16. The number of amides is 1. The Kier molecular flexibility index (Phi) is 1.53. The molecule has 0 bridgehead atoms. The number of fused-ring (bicyclic) bond motifs is 1. The zero-order valence-corrected chi connectivity index (χ0v) is 6.33. The van der Waals surface area contributed by atoms with E-state index in [1.165, 1.54) is 23.3 Å². The number of hydrogen-bond donors (Lipinski definition) is 0. The molecule has 0 aromatic heterocycles. The Hall–Kier alpha value is -1.45. The average Bonchev–Trinajstić information content (AvgIpc) is 2.07. The number of rotatable bonds is 0. The summed E-state index contributed by atoms with van der Waals surface area (Å²) in [6.45, 7) is 0.389. The molecule has 0 atom stereocenters. The summed E-state index contributed by atoms with van der Waals surface area (Å²) in [6.07, 6.45) is 4.69. The summed E-state index contributed by atoms with van der Waals surface area (Å²) >= 11 is 0. The topological polar surface area (TPSA) is 32.7 Å². The summed E-state index contributed by atoms with van der Waals surface area (Å²) in [5, 5.41) is 0. The van der Waals surface area contributed by atoms with E-state index < -0.39 is 5.83 Å². The largest absolute Gasteiger partial charge is 0.274 e. The Bertz CT molecular complexity index is 317. The summed E-state index contributed by atoms with van der Waals surface area (Å²) in [5.74, 6) is -0.390. The summed E-state index contributed by atoms with van der Waals surface area (Å²) in [5.41, 5.74) is 0. The number of carbonyl (C=O) groups excluding carboxylic acids is 1. The predicted octanol–water partition coefficient (Wildman–Crippen LogP) is 0.998. The van der Waals surface area contributed by atoms with Gasteiger partial charge in [-0.15, -0.1) is 0 Å². The first kappa shape index (κ1) is 7.21. The SMILES string of the molecule is O=C1CCN=C2C(F)=CC=CN12. The fraction of sp³-hybridized carbons (Fsp3) is 0.250. The lowest BCUT2D eigenvalue weighted by atomic mass is 10.2. The van der Waals surface area contributed by atoms with E-state index in [2.05, 4.69) is 4.99 Å². The number of nitrogens with zero attached hydrogens (tertiary/aromatic N) is 2. The quantitative estimate of drug-likeness (QED) is 0.528. The minimum atomic E-state index is -0.439. The number of allylic oxidation sites excluding steroid dienone is 2. The Morgan fingerprint density at radius 3 is 3.17 bits per heavy atom. The second-order valence-electron chi connectivity index (χ2n) is 2.58. The smallest absolute Gasteiger partial charge is 0.234 e. The van der Waals surface area contributed by atoms with E-state index >= 15 is 0 Å². The van der Waals surface area contributed by atoms with Gasteiger partial charge >= 0.3 is 0 Å². The van der Waals surface area contributed by atoms with Crippen LogP contribution in [0.5, 0.6) is 0 Å². The molecule has 0 radical (unpaired) electrons. The molecule has 2 heterocycles. The van der Waals surface area contributed by atoms with Crippen molar-refractivity contribution in [3.8, 4) is 0 Å². The van der Waals surface area contributed by atoms with Crippen LogP contribution in [-0.4, -0.2) is 23.2 Å². The van der Waals surface area contributed by atoms with Crippen molar-refractivity contribution in [2.75, 3.05) is 6.54 Å². The van der Waals surface area contributed by atoms with Crippen LogP contribution in [0.3, 0.4) is 0 Å². The molecule has 2 rings (SSSR count). The van der Waals surface area contributed by atoms with Crippen LogP contribution in [0, 0.1) is 0 Å². The molecule has 0 aliphatic carbocycles. The highest BCUT2D eigenvalue weighted by Gasteiger charge is 2.25. The molecule has 62 valence electrons. The van der Waals surface area contributed by atoms with Crippen molar-refractivity contribution >= 4 is 11.7 Å². The van der Waals surface area contributed by atoms with Crippen LogP contribution in [0.2, 0.25) is 0 Å². The summed E-state index contributed by atoms with van der Waals surface area (Å²) in [6, 6.07) is 0. The van der Waals surface area contributed by atoms with Gasteiger partial charge in [0.15, 0.2) is 11.7 Å². The van der Waals surface area contributed by atoms with Crippen molar-refractivity contribution in [2.45, 2.75) is 6.42 Å². The van der Waals surface area contributed by atoms with Crippen LogP contribution < -0.4 is 0 Å². The van der Waals surface area contributed by atoms with Gasteiger partial charge in [-0.1, -0.05) is 0 Å². The number of amidine groups is 1. The van der Waals surface area contributed by atoms with E-state index in [1.54, 1.807) is 0 Å². The predicted molar refractivity (Wildman–Crippen MR) is 42.1 cm³/mol. The van der Waals surface area contributed by atoms with Crippen LogP contribution in [0.15, 0.2) is 29.2 Å². The highest BCUT2D eigenvalue weighted by atomic mass is 19.1. The number of halogens is 1. The molecule has 0 fully saturated rings. The van der Waals surface area contributed by atoms with Crippen molar-refractivity contribution in [1.29, 1.82) is 0 Å². The molecule has 0 saturated carbocycles. The molecule has 1 amide bonds. The highest BCUT2D eigenvalue weighted by molar-refractivity contribution is 6.09. The van der Waals surface area contributed by atoms with Gasteiger partial charge in [-0.3, -0.25) is 14.7 Å². The first-order chi connectivity index (χ1) is 5.79. The Balaban J connectivity index is 2.41. The van der Waals surface area contributed by atoms with Crippen LogP contribution in [0.1, 0.15) is 6.42 Å². The first-order valence-electron chi connectivity index (χ1n) is 3.70. The maximum Gasteiger partial charge on any atom is 0.234 e. The van der Waals surface area contributed by atoms with Gasteiger partial charge in [-0.2, -0.15) is 0 Å². The van der Waals surface area contributed by atoms with E-state index in [4.69, 9.17) is 0 Å². The third-order valence-electron chi connectivity index (χ3n) is 1.78. The summed E-state index contributed by atoms with van der Waals surface area (Å²) in [7, 11) is 0. The van der Waals surface area contributed by atoms with Gasteiger partial charge < -0.3 is 0 Å². The molecule has 0 aromatic carbocycles. The molecule has 2 aliphatic heterocycles. The molecular weight excluding hydrogens is 159 g/mol. The Morgan fingerprint density at radius 2 is 2.42 bits per heavy atom. The number of carbonyl (C=O) groups is 1. The second kappa shape index (κ2) is 2.55. The lowest BCUT2D eigenvalue weighted by Gasteiger charge is -2.24. The van der Waals surface area contributed by atoms with Crippen molar-refractivity contribution in [2.24, 2.45) is 4.99 Å². The van der Waals surface area contributed by atoms with Crippen LogP contribution in [-0.2, 0) is 4.79 Å². The average molecular weight is 166 g/mol. The van der Waals surface area contributed by atoms with Gasteiger partial charge in [0.1, 0.15) is 0 Å². The van der Waals surface area contributed by atoms with E-state index in [0.717, 1.165) is 0 Å². The molecule has 3 nitrogen and oxygen atoms in total. The number of hydrogen-bond acceptors (Lipinski definition) is 2. The molecule has 0 aromatic rings. The standard InChI is InChI=1S/C8H7FN2O/c9-6-2-1-5-11-7(12)3-4-10-8(6)11/h1-2,5H,3-4H2. The summed E-state index contributed by atoms with van der Waals surface area (Å²) in [4.78, 5) is 16.3. The third-order valence-corrected chi connectivity index (χ3v) is 1.78. The maximum absolute atomic E-state index is 13.0. The van der Waals surface area contributed by atoms with E-state index in [1.807, 2.05) is 0 Å². The molecule has 4 heteroatoms. The monoisotopic (exact) mass is 166 g/mol. The molecule has 0 N–H and O–H groups in total. The van der Waals surface area contributed by atoms with E-state index in [0.29, 0.717) is 13.0 Å². The zero-order chi connectivity index (χ0) is 8.55. The van der Waals surface area contributed by atoms with Crippen LogP contribution >= 0.6 is 0 Å². The van der Waals surface area contributed by atoms with Crippen LogP contribution in [0.25, 0.3) is 0 Å². The lowest BCUT2D eigenvalue weighted by Crippen LogP contribution is -2.37. The maximum atomic E-state index is 13.0. The Labute approximate surface area is 68.9 Å². The number of aliphatic imine (C=N–C) groups is 1. The van der Waals surface area contributed by atoms with E-state index in [-0.39, 0.29) is 11.7 Å². The van der Waals surface area contributed by atoms with E-state index in [9.17, 15) is 9.18 Å². The lowest BCUT2D eigenvalue weighted by molar-refractivity contribution is -0.125. The first-order valence-corrected chi connectivity index (χ1v) is 3.70. The molecule has 0 unspecified atom stereocenters.